The topological polar surface area (TPSA) is 72.5 Å². The van der Waals surface area contributed by atoms with E-state index in [-0.39, 0.29) is 18.3 Å². The van der Waals surface area contributed by atoms with Gasteiger partial charge in [0.25, 0.3) is 0 Å². The van der Waals surface area contributed by atoms with Gasteiger partial charge in [-0.05, 0) is 55.5 Å². The molecular formula is C27H30NO4P. The van der Waals surface area contributed by atoms with Crippen LogP contribution in [0.5, 0.6) is 0 Å². The average molecular weight is 464 g/mol. The number of ether oxygens (including phenoxy) is 1. The van der Waals surface area contributed by atoms with Gasteiger partial charge in [-0.2, -0.15) is 0 Å². The maximum Gasteiger partial charge on any atom is 0.250 e. The molecular weight excluding hydrogens is 433 g/mol. The van der Waals surface area contributed by atoms with Gasteiger partial charge in [0.2, 0.25) is 5.91 Å². The highest BCUT2D eigenvalue weighted by molar-refractivity contribution is 7.00. The Morgan fingerprint density at radius 2 is 1.39 bits per heavy atom. The van der Waals surface area contributed by atoms with E-state index in [1.54, 1.807) is 9.12 Å². The van der Waals surface area contributed by atoms with Crippen molar-refractivity contribution in [3.8, 4) is 0 Å². The van der Waals surface area contributed by atoms with Crippen molar-refractivity contribution >= 4 is 26.5 Å². The lowest BCUT2D eigenvalue weighted by Gasteiger charge is -2.22. The van der Waals surface area contributed by atoms with Crippen LogP contribution in [0.2, 0.25) is 0 Å². The van der Waals surface area contributed by atoms with E-state index in [0.29, 0.717) is 17.9 Å². The number of Topliss-reactive ketones (excluding diaryl/α,β-unsaturated/α-hetero) is 1. The van der Waals surface area contributed by atoms with E-state index in [1.165, 1.54) is 0 Å². The van der Waals surface area contributed by atoms with Crippen molar-refractivity contribution in [2.75, 3.05) is 18.5 Å². The molecule has 0 radical (unpaired) electrons. The monoisotopic (exact) mass is 463 g/mol. The Morgan fingerprint density at radius 3 is 1.88 bits per heavy atom. The van der Waals surface area contributed by atoms with Crippen LogP contribution in [0.15, 0.2) is 66.7 Å². The number of carbonyl (C=O) groups is 2. The van der Waals surface area contributed by atoms with E-state index in [2.05, 4.69) is 5.32 Å². The lowest BCUT2D eigenvalue weighted by Crippen LogP contribution is -2.22. The minimum Gasteiger partial charge on any atom is -0.372 e. The first-order valence-electron chi connectivity index (χ1n) is 10.8. The van der Waals surface area contributed by atoms with Crippen LogP contribution in [0.1, 0.15) is 51.0 Å². The highest BCUT2D eigenvalue weighted by Gasteiger charge is 2.28. The number of hydrogen-bond acceptors (Lipinski definition) is 4. The first-order chi connectivity index (χ1) is 15.9. The zero-order valence-electron chi connectivity index (χ0n) is 19.5. The molecule has 0 spiro atoms. The lowest BCUT2D eigenvalue weighted by molar-refractivity contribution is -0.120. The summed E-state index contributed by atoms with van der Waals surface area (Å²) < 4.78 is 13.3. The molecule has 0 unspecified atom stereocenters. The number of hydrogen-bond donors (Lipinski definition) is 1. The van der Waals surface area contributed by atoms with E-state index in [0.717, 1.165) is 27.8 Å². The van der Waals surface area contributed by atoms with E-state index in [9.17, 15) is 9.59 Å². The molecule has 0 aliphatic carbocycles. The zero-order chi connectivity index (χ0) is 24.4. The molecule has 0 saturated heterocycles. The smallest absolute Gasteiger partial charge is 0.250 e. The number of carbonyl (C=O) groups excluding carboxylic acids is 2. The molecule has 0 aliphatic rings. The SMILES string of the molecule is CCOCC(=O)Nc1c(C)cc(C)c(C(=O)C(c2ccccc2)c2ccccc2)c1C.O=P. The molecule has 6 heteroatoms. The second-order valence-corrected chi connectivity index (χ2v) is 7.69. The van der Waals surface area contributed by atoms with E-state index < -0.39 is 5.92 Å². The van der Waals surface area contributed by atoms with Crippen molar-refractivity contribution in [3.05, 3.63) is 100 Å². The van der Waals surface area contributed by atoms with Gasteiger partial charge >= 0.3 is 0 Å². The second-order valence-electron chi connectivity index (χ2n) is 7.69. The average Bonchev–Trinajstić information content (AvgIpc) is 2.83. The Kier molecular flexibility index (Phi) is 10.1. The Balaban J connectivity index is 0.00000187. The van der Waals surface area contributed by atoms with Crippen molar-refractivity contribution < 1.29 is 18.9 Å². The number of nitrogens with one attached hydrogen (secondary N) is 1. The molecule has 0 fully saturated rings. The largest absolute Gasteiger partial charge is 0.372 e. The number of amides is 1. The van der Waals surface area contributed by atoms with Gasteiger partial charge in [0.15, 0.2) is 5.78 Å². The normalized spacial score (nSPS) is 10.3. The third-order valence-electron chi connectivity index (χ3n) is 5.45. The fourth-order valence-corrected chi connectivity index (χ4v) is 4.06. The van der Waals surface area contributed by atoms with Crippen LogP contribution >= 0.6 is 9.12 Å². The van der Waals surface area contributed by atoms with Gasteiger partial charge < -0.3 is 10.1 Å². The molecule has 0 saturated carbocycles. The molecule has 33 heavy (non-hydrogen) atoms. The van der Waals surface area contributed by atoms with Crippen LogP contribution in [0, 0.1) is 20.8 Å². The predicted octanol–water partition coefficient (Wildman–Crippen LogP) is 6.08. The molecule has 0 bridgehead atoms. The molecule has 5 nitrogen and oxygen atoms in total. The van der Waals surface area contributed by atoms with Crippen molar-refractivity contribution in [3.63, 3.8) is 0 Å². The Labute approximate surface area is 197 Å². The standard InChI is InChI=1S/C27H29NO3.HOP/c1-5-31-17-23(29)28-26-19(3)16-18(2)24(20(26)4)27(30)25(21-12-8-6-9-13-21)22-14-10-7-11-15-22;1-2/h6-16,25H,5,17H2,1-4H3,(H,28,29);2H. The molecule has 1 N–H and O–H groups in total. The van der Waals surface area contributed by atoms with Crippen molar-refractivity contribution in [1.82, 2.24) is 0 Å². The number of rotatable bonds is 8. The molecule has 3 aromatic carbocycles. The Hall–Kier alpha value is -3.14. The van der Waals surface area contributed by atoms with Gasteiger partial charge in [-0.1, -0.05) is 66.7 Å². The summed E-state index contributed by atoms with van der Waals surface area (Å²) >= 11 is 0. The van der Waals surface area contributed by atoms with Crippen LogP contribution in [0.3, 0.4) is 0 Å². The summed E-state index contributed by atoms with van der Waals surface area (Å²) in [5.74, 6) is -0.625. The van der Waals surface area contributed by atoms with Crippen LogP contribution in [-0.4, -0.2) is 24.9 Å². The Bertz CT molecular complexity index is 1040. The molecule has 172 valence electrons. The number of anilines is 1. The van der Waals surface area contributed by atoms with Crippen LogP contribution < -0.4 is 5.32 Å². The first-order valence-corrected chi connectivity index (χ1v) is 11.2. The maximum absolute atomic E-state index is 14.0. The number of aryl methyl sites for hydroxylation is 2. The molecule has 3 aromatic rings. The second kappa shape index (κ2) is 12.8. The molecule has 0 atom stereocenters. The summed E-state index contributed by atoms with van der Waals surface area (Å²) in [6, 6.07) is 21.6. The van der Waals surface area contributed by atoms with E-state index in [1.807, 2.05) is 94.4 Å². The first kappa shape index (κ1) is 26.1. The third kappa shape index (κ3) is 6.44. The third-order valence-corrected chi connectivity index (χ3v) is 5.45. The van der Waals surface area contributed by atoms with Gasteiger partial charge in [0.1, 0.15) is 15.7 Å². The van der Waals surface area contributed by atoms with Crippen molar-refractivity contribution in [2.45, 2.75) is 33.6 Å². The fourth-order valence-electron chi connectivity index (χ4n) is 4.06. The summed E-state index contributed by atoms with van der Waals surface area (Å²) in [5.41, 5.74) is 5.82. The highest BCUT2D eigenvalue weighted by Crippen LogP contribution is 2.34. The molecule has 0 aliphatic heterocycles. The fraction of sp³-hybridized carbons (Fsp3) is 0.259. The molecule has 0 heterocycles. The van der Waals surface area contributed by atoms with Gasteiger partial charge in [-0.3, -0.25) is 14.2 Å². The predicted molar refractivity (Wildman–Crippen MR) is 134 cm³/mol. The minimum absolute atomic E-state index is 0.0107. The maximum atomic E-state index is 14.0. The summed E-state index contributed by atoms with van der Waals surface area (Å²) in [7, 11) is 1.72. The molecule has 3 rings (SSSR count). The summed E-state index contributed by atoms with van der Waals surface area (Å²) in [6.45, 7) is 8.10. The van der Waals surface area contributed by atoms with Crippen LogP contribution in [0.4, 0.5) is 5.69 Å². The number of ketones is 1. The number of benzene rings is 3. The Morgan fingerprint density at radius 1 is 0.879 bits per heavy atom. The van der Waals surface area contributed by atoms with Gasteiger partial charge in [-0.25, -0.2) is 0 Å². The van der Waals surface area contributed by atoms with Crippen molar-refractivity contribution in [1.29, 1.82) is 0 Å². The van der Waals surface area contributed by atoms with Gasteiger partial charge in [0.05, 0.1) is 5.92 Å². The molecule has 1 amide bonds. The van der Waals surface area contributed by atoms with E-state index >= 15 is 0 Å². The summed E-state index contributed by atoms with van der Waals surface area (Å²) in [4.78, 5) is 26.3. The molecule has 0 aromatic heterocycles. The minimum atomic E-state index is -0.422. The van der Waals surface area contributed by atoms with Gasteiger partial charge in [0, 0.05) is 17.9 Å². The zero-order valence-corrected chi connectivity index (χ0v) is 20.5. The van der Waals surface area contributed by atoms with Gasteiger partial charge in [-0.15, -0.1) is 0 Å². The van der Waals surface area contributed by atoms with E-state index in [4.69, 9.17) is 9.30 Å². The van der Waals surface area contributed by atoms with Crippen molar-refractivity contribution in [2.24, 2.45) is 0 Å². The highest BCUT2D eigenvalue weighted by atomic mass is 31.0. The summed E-state index contributed by atoms with van der Waals surface area (Å²) in [5, 5.41) is 2.94. The quantitative estimate of drug-likeness (QED) is 0.325. The van der Waals surface area contributed by atoms with Crippen LogP contribution in [-0.2, 0) is 14.1 Å². The summed E-state index contributed by atoms with van der Waals surface area (Å²) in [6.07, 6.45) is 0. The van der Waals surface area contributed by atoms with Crippen LogP contribution in [0.25, 0.3) is 0 Å². The lowest BCUT2D eigenvalue weighted by atomic mass is 9.81.